The molecule has 0 aliphatic heterocycles. The minimum atomic E-state index is -0.348. The lowest BCUT2D eigenvalue weighted by molar-refractivity contribution is 0.0993. The van der Waals surface area contributed by atoms with Gasteiger partial charge in [0.2, 0.25) is 0 Å². The molecule has 0 fully saturated rings. The Hall–Kier alpha value is -1.39. The largest absolute Gasteiger partial charge is 0.398 e. The van der Waals surface area contributed by atoms with Crippen molar-refractivity contribution in [2.75, 3.05) is 5.73 Å². The molecule has 2 aromatic carbocycles. The van der Waals surface area contributed by atoms with Crippen molar-refractivity contribution in [2.45, 2.75) is 6.42 Å². The summed E-state index contributed by atoms with van der Waals surface area (Å²) in [5.74, 6) is -0.450. The first-order valence-electron chi connectivity index (χ1n) is 5.49. The van der Waals surface area contributed by atoms with Crippen molar-refractivity contribution in [1.82, 2.24) is 0 Å². The highest BCUT2D eigenvalue weighted by Gasteiger charge is 2.11. The van der Waals surface area contributed by atoms with Gasteiger partial charge in [-0.1, -0.05) is 33.6 Å². The molecule has 0 spiro atoms. The fraction of sp³-hybridized carbons (Fsp3) is 0.0714. The Kier molecular flexibility index (Phi) is 4.22. The summed E-state index contributed by atoms with van der Waals surface area (Å²) in [6.45, 7) is 0. The monoisotopic (exact) mass is 341 g/mol. The third kappa shape index (κ3) is 3.33. The fourth-order valence-corrected chi connectivity index (χ4v) is 2.27. The summed E-state index contributed by atoms with van der Waals surface area (Å²) in [6.07, 6.45) is 0.169. The molecule has 0 heterocycles. The molecule has 0 unspecified atom stereocenters. The summed E-state index contributed by atoms with van der Waals surface area (Å²) in [4.78, 5) is 12.1. The first kappa shape index (κ1) is 14.0. The molecular weight excluding hydrogens is 333 g/mol. The molecule has 2 N–H and O–H groups in total. The first-order valence-corrected chi connectivity index (χ1v) is 6.66. The van der Waals surface area contributed by atoms with Crippen LogP contribution in [-0.4, -0.2) is 5.78 Å². The second-order valence-electron chi connectivity index (χ2n) is 4.07. The van der Waals surface area contributed by atoms with E-state index in [2.05, 4.69) is 15.9 Å². The van der Waals surface area contributed by atoms with Gasteiger partial charge in [-0.3, -0.25) is 4.79 Å². The number of halogens is 3. The predicted molar refractivity (Wildman–Crippen MR) is 78.0 cm³/mol. The number of hydrogen-bond donors (Lipinski definition) is 1. The van der Waals surface area contributed by atoms with E-state index < -0.39 is 0 Å². The van der Waals surface area contributed by atoms with Gasteiger partial charge >= 0.3 is 0 Å². The number of nitrogens with two attached hydrogens (primary N) is 1. The van der Waals surface area contributed by atoms with E-state index in [9.17, 15) is 9.18 Å². The van der Waals surface area contributed by atoms with Crippen molar-refractivity contribution in [3.8, 4) is 0 Å². The van der Waals surface area contributed by atoms with Crippen molar-refractivity contribution in [2.24, 2.45) is 0 Å². The van der Waals surface area contributed by atoms with Crippen molar-refractivity contribution in [3.63, 3.8) is 0 Å². The van der Waals surface area contributed by atoms with Crippen LogP contribution < -0.4 is 5.73 Å². The van der Waals surface area contributed by atoms with E-state index in [0.717, 1.165) is 5.56 Å². The van der Waals surface area contributed by atoms with Crippen LogP contribution in [0.2, 0.25) is 5.02 Å². The third-order valence-electron chi connectivity index (χ3n) is 2.68. The third-order valence-corrected chi connectivity index (χ3v) is 3.77. The fourth-order valence-electron chi connectivity index (χ4n) is 1.66. The maximum Gasteiger partial charge on any atom is 0.167 e. The zero-order chi connectivity index (χ0) is 14.0. The van der Waals surface area contributed by atoms with Crippen LogP contribution in [0, 0.1) is 5.82 Å². The first-order chi connectivity index (χ1) is 8.97. The maximum atomic E-state index is 13.0. The van der Waals surface area contributed by atoms with Gasteiger partial charge in [-0.05, 0) is 35.9 Å². The van der Waals surface area contributed by atoms with Crippen LogP contribution in [0.5, 0.6) is 0 Å². The van der Waals surface area contributed by atoms with Crippen LogP contribution in [0.3, 0.4) is 0 Å². The summed E-state index contributed by atoms with van der Waals surface area (Å²) < 4.78 is 13.5. The van der Waals surface area contributed by atoms with Crippen LogP contribution in [0.15, 0.2) is 40.9 Å². The number of carbonyl (C=O) groups is 1. The van der Waals surface area contributed by atoms with Crippen LogP contribution >= 0.6 is 27.5 Å². The van der Waals surface area contributed by atoms with Gasteiger partial charge in [0.1, 0.15) is 5.82 Å². The SMILES string of the molecule is Nc1cc(C(=O)Cc2ccc(F)cc2Br)ccc1Cl. The minimum absolute atomic E-state index is 0.101. The molecule has 2 aromatic rings. The van der Waals surface area contributed by atoms with Crippen LogP contribution in [0.1, 0.15) is 15.9 Å². The lowest BCUT2D eigenvalue weighted by Crippen LogP contribution is -2.05. The molecule has 0 aliphatic rings. The molecule has 0 saturated carbocycles. The standard InChI is InChI=1S/C14H10BrClFNO/c15-11-7-10(17)3-1-8(11)6-14(19)9-2-4-12(16)13(18)5-9/h1-5,7H,6,18H2. The van der Waals surface area contributed by atoms with E-state index in [0.29, 0.717) is 20.7 Å². The zero-order valence-electron chi connectivity index (χ0n) is 9.79. The molecule has 0 aliphatic carbocycles. The minimum Gasteiger partial charge on any atom is -0.398 e. The van der Waals surface area contributed by atoms with Crippen LogP contribution in [0.25, 0.3) is 0 Å². The lowest BCUT2D eigenvalue weighted by atomic mass is 10.0. The van der Waals surface area contributed by atoms with Gasteiger partial charge in [0.25, 0.3) is 0 Å². The highest BCUT2D eigenvalue weighted by Crippen LogP contribution is 2.23. The maximum absolute atomic E-state index is 13.0. The molecule has 5 heteroatoms. The van der Waals surface area contributed by atoms with E-state index in [1.165, 1.54) is 12.1 Å². The Morgan fingerprint density at radius 2 is 2.00 bits per heavy atom. The van der Waals surface area contributed by atoms with Gasteiger partial charge in [0.05, 0.1) is 10.7 Å². The van der Waals surface area contributed by atoms with E-state index in [1.807, 2.05) is 0 Å². The van der Waals surface area contributed by atoms with E-state index in [1.54, 1.807) is 24.3 Å². The van der Waals surface area contributed by atoms with Crippen LogP contribution in [-0.2, 0) is 6.42 Å². The average Bonchev–Trinajstić information content (AvgIpc) is 2.36. The Bertz CT molecular complexity index is 645. The van der Waals surface area contributed by atoms with Crippen molar-refractivity contribution < 1.29 is 9.18 Å². The molecule has 0 amide bonds. The van der Waals surface area contributed by atoms with Gasteiger partial charge in [-0.25, -0.2) is 4.39 Å². The van der Waals surface area contributed by atoms with E-state index in [4.69, 9.17) is 17.3 Å². The molecule has 0 atom stereocenters. The summed E-state index contributed by atoms with van der Waals surface area (Å²) in [6, 6.07) is 8.99. The summed E-state index contributed by atoms with van der Waals surface area (Å²) in [5, 5.41) is 0.416. The average molecular weight is 343 g/mol. The Morgan fingerprint density at radius 3 is 2.63 bits per heavy atom. The number of hydrogen-bond acceptors (Lipinski definition) is 2. The van der Waals surface area contributed by atoms with Crippen LogP contribution in [0.4, 0.5) is 10.1 Å². The molecule has 98 valence electrons. The highest BCUT2D eigenvalue weighted by molar-refractivity contribution is 9.10. The lowest BCUT2D eigenvalue weighted by Gasteiger charge is -2.06. The topological polar surface area (TPSA) is 43.1 Å². The normalized spacial score (nSPS) is 10.5. The highest BCUT2D eigenvalue weighted by atomic mass is 79.9. The summed E-state index contributed by atoms with van der Waals surface area (Å²) in [5.41, 5.74) is 7.23. The van der Waals surface area contributed by atoms with Crippen molar-refractivity contribution in [3.05, 3.63) is 62.8 Å². The van der Waals surface area contributed by atoms with Gasteiger partial charge in [0.15, 0.2) is 5.78 Å². The van der Waals surface area contributed by atoms with Gasteiger partial charge in [-0.15, -0.1) is 0 Å². The Morgan fingerprint density at radius 1 is 1.26 bits per heavy atom. The number of nitrogen functional groups attached to an aromatic ring is 1. The number of rotatable bonds is 3. The second kappa shape index (κ2) is 5.72. The molecule has 2 nitrogen and oxygen atoms in total. The molecule has 19 heavy (non-hydrogen) atoms. The molecule has 0 radical (unpaired) electrons. The Balaban J connectivity index is 2.23. The molecule has 2 rings (SSSR count). The van der Waals surface area contributed by atoms with Crippen molar-refractivity contribution in [1.29, 1.82) is 0 Å². The summed E-state index contributed by atoms with van der Waals surface area (Å²) >= 11 is 9.04. The molecule has 0 bridgehead atoms. The van der Waals surface area contributed by atoms with Gasteiger partial charge < -0.3 is 5.73 Å². The van der Waals surface area contributed by atoms with Gasteiger partial charge in [0, 0.05) is 16.5 Å². The quantitative estimate of drug-likeness (QED) is 0.669. The summed E-state index contributed by atoms with van der Waals surface area (Å²) in [7, 11) is 0. The van der Waals surface area contributed by atoms with E-state index >= 15 is 0 Å². The van der Waals surface area contributed by atoms with Gasteiger partial charge in [-0.2, -0.15) is 0 Å². The number of carbonyl (C=O) groups excluding carboxylic acids is 1. The smallest absolute Gasteiger partial charge is 0.167 e. The molecule has 0 saturated heterocycles. The number of ketones is 1. The van der Waals surface area contributed by atoms with E-state index in [-0.39, 0.29) is 18.0 Å². The number of benzene rings is 2. The Labute approximate surface area is 123 Å². The molecule has 0 aromatic heterocycles. The predicted octanol–water partition coefficient (Wildman–Crippen LogP) is 4.25. The number of Topliss-reactive ketones (excluding diaryl/α,β-unsaturated/α-hetero) is 1. The molecular formula is C14H10BrClFNO. The second-order valence-corrected chi connectivity index (χ2v) is 5.33. The van der Waals surface area contributed by atoms with Crippen molar-refractivity contribution >= 4 is 39.0 Å². The number of anilines is 1. The zero-order valence-corrected chi connectivity index (χ0v) is 12.1.